The van der Waals surface area contributed by atoms with Crippen LogP contribution >= 0.6 is 11.6 Å². The Bertz CT molecular complexity index is 931. The molecule has 0 saturated heterocycles. The summed E-state index contributed by atoms with van der Waals surface area (Å²) in [7, 11) is 0. The zero-order chi connectivity index (χ0) is 20.0. The second kappa shape index (κ2) is 8.72. The lowest BCUT2D eigenvalue weighted by Gasteiger charge is -2.07. The molecule has 0 heterocycles. The first-order valence-corrected chi connectivity index (χ1v) is 7.92. The summed E-state index contributed by atoms with van der Waals surface area (Å²) in [4.78, 5) is 32.3. The summed E-state index contributed by atoms with van der Waals surface area (Å²) in [6, 6.07) is 9.85. The molecule has 0 bridgehead atoms. The molecule has 10 nitrogen and oxygen atoms in total. The fourth-order valence-corrected chi connectivity index (χ4v) is 2.25. The molecule has 0 aliphatic carbocycles. The van der Waals surface area contributed by atoms with Crippen molar-refractivity contribution in [2.24, 2.45) is 5.10 Å². The first-order valence-electron chi connectivity index (χ1n) is 7.54. The summed E-state index contributed by atoms with van der Waals surface area (Å²) in [5.41, 5.74) is 2.31. The van der Waals surface area contributed by atoms with Crippen LogP contribution in [0.15, 0.2) is 47.6 Å². The Morgan fingerprint density at radius 3 is 2.44 bits per heavy atom. The van der Waals surface area contributed by atoms with Gasteiger partial charge in [0.25, 0.3) is 5.69 Å². The molecule has 0 atom stereocenters. The van der Waals surface area contributed by atoms with Gasteiger partial charge >= 0.3 is 5.69 Å². The fraction of sp³-hybridized carbons (Fsp3) is 0.125. The van der Waals surface area contributed by atoms with Crippen molar-refractivity contribution in [2.45, 2.75) is 13.3 Å². The second-order valence-electron chi connectivity index (χ2n) is 5.38. The molecule has 0 fully saturated rings. The van der Waals surface area contributed by atoms with Gasteiger partial charge in [0.2, 0.25) is 5.91 Å². The van der Waals surface area contributed by atoms with Crippen molar-refractivity contribution in [3.05, 3.63) is 67.7 Å². The number of nitrogens with one attached hydrogen (secondary N) is 2. The minimum absolute atomic E-state index is 0.0311. The van der Waals surface area contributed by atoms with Gasteiger partial charge in [-0.25, -0.2) is 0 Å². The Morgan fingerprint density at radius 1 is 1.11 bits per heavy atom. The maximum absolute atomic E-state index is 12.0. The fourth-order valence-electron chi connectivity index (χ4n) is 2.06. The van der Waals surface area contributed by atoms with E-state index in [2.05, 4.69) is 15.8 Å². The number of non-ortho nitro benzene ring substituents is 1. The summed E-state index contributed by atoms with van der Waals surface area (Å²) >= 11 is 5.96. The van der Waals surface area contributed by atoms with E-state index in [1.54, 1.807) is 31.2 Å². The number of hydrazone groups is 1. The van der Waals surface area contributed by atoms with Crippen molar-refractivity contribution in [1.82, 2.24) is 0 Å². The van der Waals surface area contributed by atoms with Gasteiger partial charge in [0.15, 0.2) is 0 Å². The number of amides is 1. The van der Waals surface area contributed by atoms with Crippen LogP contribution in [0.4, 0.5) is 22.7 Å². The number of halogens is 1. The van der Waals surface area contributed by atoms with E-state index >= 15 is 0 Å². The van der Waals surface area contributed by atoms with E-state index < -0.39 is 21.2 Å². The number of nitrogens with zero attached hydrogens (tertiary/aromatic N) is 3. The second-order valence-corrected chi connectivity index (χ2v) is 5.79. The van der Waals surface area contributed by atoms with Gasteiger partial charge in [0.1, 0.15) is 5.69 Å². The van der Waals surface area contributed by atoms with Crippen molar-refractivity contribution < 1.29 is 14.6 Å². The molecule has 0 aliphatic rings. The minimum atomic E-state index is -0.760. The molecule has 0 spiro atoms. The highest BCUT2D eigenvalue weighted by molar-refractivity contribution is 6.33. The van der Waals surface area contributed by atoms with E-state index in [1.165, 1.54) is 6.07 Å². The van der Waals surface area contributed by atoms with Crippen molar-refractivity contribution in [3.63, 3.8) is 0 Å². The lowest BCUT2D eigenvalue weighted by Crippen LogP contribution is -2.16. The Morgan fingerprint density at radius 2 is 1.81 bits per heavy atom. The standard InChI is InChI=1S/C16H14ClN5O5/c1-10(8-16(23)18-13-5-3-2-4-12(13)17)19-20-14-7-6-11(21(24)25)9-15(14)22(26)27/h2-7,9,20H,8H2,1H3,(H,18,23). The molecule has 140 valence electrons. The molecule has 2 rings (SSSR count). The Hall–Kier alpha value is -3.53. The molecule has 0 unspecified atom stereocenters. The number of hydrogen-bond donors (Lipinski definition) is 2. The van der Waals surface area contributed by atoms with E-state index in [0.29, 0.717) is 16.4 Å². The number of carbonyl (C=O) groups is 1. The van der Waals surface area contributed by atoms with Gasteiger partial charge in [-0.1, -0.05) is 23.7 Å². The van der Waals surface area contributed by atoms with Crippen LogP contribution in [0.2, 0.25) is 5.02 Å². The van der Waals surface area contributed by atoms with Gasteiger partial charge in [-0.2, -0.15) is 5.10 Å². The average molecular weight is 392 g/mol. The van der Waals surface area contributed by atoms with Crippen LogP contribution in [0.25, 0.3) is 0 Å². The first kappa shape index (κ1) is 19.8. The topological polar surface area (TPSA) is 140 Å². The van der Waals surface area contributed by atoms with Crippen molar-refractivity contribution in [2.75, 3.05) is 10.7 Å². The highest BCUT2D eigenvalue weighted by atomic mass is 35.5. The van der Waals surface area contributed by atoms with Crippen LogP contribution in [0, 0.1) is 20.2 Å². The quantitative estimate of drug-likeness (QED) is 0.415. The number of carbonyl (C=O) groups excluding carboxylic acids is 1. The van der Waals surface area contributed by atoms with Gasteiger partial charge in [0, 0.05) is 11.8 Å². The van der Waals surface area contributed by atoms with Crippen molar-refractivity contribution >= 4 is 46.0 Å². The Labute approximate surface area is 158 Å². The summed E-state index contributed by atoms with van der Waals surface area (Å²) < 4.78 is 0. The van der Waals surface area contributed by atoms with Gasteiger partial charge in [-0.05, 0) is 25.1 Å². The van der Waals surface area contributed by atoms with Crippen LogP contribution in [0.1, 0.15) is 13.3 Å². The maximum atomic E-state index is 12.0. The summed E-state index contributed by atoms with van der Waals surface area (Å²) in [5.74, 6) is -0.371. The molecule has 0 radical (unpaired) electrons. The Balaban J connectivity index is 2.06. The normalized spacial score (nSPS) is 11.0. The van der Waals surface area contributed by atoms with Gasteiger partial charge < -0.3 is 5.32 Å². The number of benzene rings is 2. The molecule has 2 aromatic carbocycles. The van der Waals surface area contributed by atoms with Crippen molar-refractivity contribution in [1.29, 1.82) is 0 Å². The molecular formula is C16H14ClN5O5. The summed E-state index contributed by atoms with van der Waals surface area (Å²) in [5, 5.41) is 28.7. The zero-order valence-electron chi connectivity index (χ0n) is 14.0. The molecule has 0 saturated carbocycles. The highest BCUT2D eigenvalue weighted by Gasteiger charge is 2.19. The third-order valence-electron chi connectivity index (χ3n) is 3.32. The summed E-state index contributed by atoms with van der Waals surface area (Å²) in [6.45, 7) is 1.55. The predicted octanol–water partition coefficient (Wildman–Crippen LogP) is 3.97. The SMILES string of the molecule is CC(CC(=O)Nc1ccccc1Cl)=NNc1ccc([N+](=O)[O-])cc1[N+](=O)[O-]. The van der Waals surface area contributed by atoms with Crippen LogP contribution in [-0.2, 0) is 4.79 Å². The van der Waals surface area contributed by atoms with Crippen LogP contribution in [0.5, 0.6) is 0 Å². The number of anilines is 2. The summed E-state index contributed by atoms with van der Waals surface area (Å²) in [6.07, 6.45) is -0.0843. The maximum Gasteiger partial charge on any atom is 0.301 e. The van der Waals surface area contributed by atoms with Crippen LogP contribution < -0.4 is 10.7 Å². The highest BCUT2D eigenvalue weighted by Crippen LogP contribution is 2.29. The van der Waals surface area contributed by atoms with Crippen LogP contribution in [-0.4, -0.2) is 21.5 Å². The van der Waals surface area contributed by atoms with E-state index in [-0.39, 0.29) is 18.0 Å². The molecule has 2 N–H and O–H groups in total. The van der Waals surface area contributed by atoms with E-state index in [0.717, 1.165) is 12.1 Å². The third-order valence-corrected chi connectivity index (χ3v) is 3.65. The molecule has 0 aliphatic heterocycles. The van der Waals surface area contributed by atoms with E-state index in [4.69, 9.17) is 11.6 Å². The molecule has 1 amide bonds. The minimum Gasteiger partial charge on any atom is -0.324 e. The molecule has 11 heteroatoms. The lowest BCUT2D eigenvalue weighted by molar-refractivity contribution is -0.393. The monoisotopic (exact) mass is 391 g/mol. The predicted molar refractivity (Wildman–Crippen MR) is 101 cm³/mol. The largest absolute Gasteiger partial charge is 0.324 e. The smallest absolute Gasteiger partial charge is 0.301 e. The number of rotatable bonds is 7. The van der Waals surface area contributed by atoms with Gasteiger partial charge in [0.05, 0.1) is 33.0 Å². The van der Waals surface area contributed by atoms with E-state index in [9.17, 15) is 25.0 Å². The Kier molecular flexibility index (Phi) is 6.39. The van der Waals surface area contributed by atoms with Crippen LogP contribution in [0.3, 0.4) is 0 Å². The first-order chi connectivity index (χ1) is 12.8. The zero-order valence-corrected chi connectivity index (χ0v) is 14.8. The van der Waals surface area contributed by atoms with Gasteiger partial charge in [-0.3, -0.25) is 30.4 Å². The molecule has 0 aromatic heterocycles. The average Bonchev–Trinajstić information content (AvgIpc) is 2.61. The number of nitro groups is 2. The number of para-hydroxylation sites is 1. The lowest BCUT2D eigenvalue weighted by atomic mass is 10.2. The van der Waals surface area contributed by atoms with Crippen molar-refractivity contribution in [3.8, 4) is 0 Å². The number of hydrogen-bond acceptors (Lipinski definition) is 7. The van der Waals surface area contributed by atoms with E-state index in [1.807, 2.05) is 0 Å². The third kappa shape index (κ3) is 5.47. The molecular weight excluding hydrogens is 378 g/mol. The number of nitro benzene ring substituents is 2. The van der Waals surface area contributed by atoms with Gasteiger partial charge in [-0.15, -0.1) is 0 Å². The molecule has 27 heavy (non-hydrogen) atoms. The molecule has 2 aromatic rings.